The minimum atomic E-state index is -0.842. The molecule has 2 aromatic heterocycles. The Morgan fingerprint density at radius 2 is 2.00 bits per heavy atom. The normalized spacial score (nSPS) is 15.4. The van der Waals surface area contributed by atoms with Gasteiger partial charge in [0.05, 0.1) is 5.57 Å². The van der Waals surface area contributed by atoms with E-state index in [2.05, 4.69) is 25.5 Å². The summed E-state index contributed by atoms with van der Waals surface area (Å²) >= 11 is 0. The molecule has 0 aromatic carbocycles. The third-order valence-corrected chi connectivity index (χ3v) is 4.06. The fourth-order valence-electron chi connectivity index (χ4n) is 2.77. The van der Waals surface area contributed by atoms with Gasteiger partial charge in [-0.25, -0.2) is 15.4 Å². The van der Waals surface area contributed by atoms with Crippen LogP contribution in [0.3, 0.4) is 0 Å². The molecule has 3 heterocycles. The number of hydrogen-bond donors (Lipinski definition) is 3. The molecule has 0 saturated carbocycles. The van der Waals surface area contributed by atoms with Gasteiger partial charge in [0.25, 0.3) is 5.91 Å². The van der Waals surface area contributed by atoms with Gasteiger partial charge in [-0.1, -0.05) is 0 Å². The first-order chi connectivity index (χ1) is 12.0. The van der Waals surface area contributed by atoms with Gasteiger partial charge < -0.3 is 10.1 Å². The minimum absolute atomic E-state index is 0.0561. The summed E-state index contributed by atoms with van der Waals surface area (Å²) in [5, 5.41) is 12.9. The standard InChI is InChI=1S/C17H17N5O3/c1-9-11(4-5-14(23)24)10(2)20-13(9)8-12-15(21-22-17(12)25)16-18-6-3-7-19-16/h3,6-8,20H,4-5H2,1-2H3,(H,22,25)(H,23,24)/b12-8+. The van der Waals surface area contributed by atoms with Crippen molar-refractivity contribution in [2.45, 2.75) is 26.7 Å². The van der Waals surface area contributed by atoms with E-state index in [4.69, 9.17) is 5.11 Å². The molecule has 0 spiro atoms. The van der Waals surface area contributed by atoms with Gasteiger partial charge in [-0.3, -0.25) is 9.59 Å². The first-order valence-corrected chi connectivity index (χ1v) is 7.74. The molecule has 3 N–H and O–H groups in total. The zero-order chi connectivity index (χ0) is 18.0. The largest absolute Gasteiger partial charge is 0.481 e. The van der Waals surface area contributed by atoms with Gasteiger partial charge in [0, 0.05) is 30.2 Å². The molecule has 8 heteroatoms. The highest BCUT2D eigenvalue weighted by molar-refractivity contribution is 6.32. The molecule has 128 valence electrons. The minimum Gasteiger partial charge on any atom is -0.481 e. The van der Waals surface area contributed by atoms with Crippen LogP contribution in [-0.4, -0.2) is 37.6 Å². The van der Waals surface area contributed by atoms with Crippen molar-refractivity contribution in [1.29, 1.82) is 0 Å². The molecule has 1 amide bonds. The predicted molar refractivity (Wildman–Crippen MR) is 90.9 cm³/mol. The van der Waals surface area contributed by atoms with Crippen molar-refractivity contribution in [2.75, 3.05) is 0 Å². The van der Waals surface area contributed by atoms with Gasteiger partial charge in [-0.2, -0.15) is 5.10 Å². The SMILES string of the molecule is Cc1[nH]c(/C=C2/C(=O)NN=C2c2ncccn2)c(C)c1CCC(=O)O. The number of aryl methyl sites for hydroxylation is 1. The van der Waals surface area contributed by atoms with E-state index in [1.54, 1.807) is 24.5 Å². The number of aromatic amines is 1. The maximum atomic E-state index is 12.1. The third kappa shape index (κ3) is 3.32. The highest BCUT2D eigenvalue weighted by Crippen LogP contribution is 2.23. The lowest BCUT2D eigenvalue weighted by Crippen LogP contribution is -2.14. The molecule has 1 aliphatic rings. The maximum Gasteiger partial charge on any atom is 0.303 e. The number of hydrogen-bond acceptors (Lipinski definition) is 5. The smallest absolute Gasteiger partial charge is 0.303 e. The van der Waals surface area contributed by atoms with Crippen molar-refractivity contribution in [2.24, 2.45) is 5.10 Å². The van der Waals surface area contributed by atoms with Crippen LogP contribution in [0.5, 0.6) is 0 Å². The van der Waals surface area contributed by atoms with E-state index in [0.29, 0.717) is 23.5 Å². The Balaban J connectivity index is 1.97. The van der Waals surface area contributed by atoms with E-state index in [1.165, 1.54) is 0 Å². The van der Waals surface area contributed by atoms with Gasteiger partial charge in [-0.15, -0.1) is 0 Å². The van der Waals surface area contributed by atoms with Crippen molar-refractivity contribution in [3.8, 4) is 0 Å². The van der Waals surface area contributed by atoms with E-state index in [1.807, 2.05) is 13.8 Å². The van der Waals surface area contributed by atoms with Crippen LogP contribution in [0, 0.1) is 13.8 Å². The number of carboxylic acids is 1. The summed E-state index contributed by atoms with van der Waals surface area (Å²) in [6.07, 6.45) is 5.35. The highest BCUT2D eigenvalue weighted by atomic mass is 16.4. The van der Waals surface area contributed by atoms with Crippen LogP contribution in [0.1, 0.15) is 34.8 Å². The Labute approximate surface area is 143 Å². The molecule has 1 aliphatic heterocycles. The predicted octanol–water partition coefficient (Wildman–Crippen LogP) is 1.36. The Morgan fingerprint density at radius 3 is 2.68 bits per heavy atom. The van der Waals surface area contributed by atoms with Crippen LogP contribution in [0.2, 0.25) is 0 Å². The number of carbonyl (C=O) groups is 2. The lowest BCUT2D eigenvalue weighted by Gasteiger charge is -2.01. The van der Waals surface area contributed by atoms with Gasteiger partial charge in [0.2, 0.25) is 0 Å². The summed E-state index contributed by atoms with van der Waals surface area (Å²) in [6.45, 7) is 3.78. The third-order valence-electron chi connectivity index (χ3n) is 4.06. The molecule has 2 aromatic rings. The second-order valence-corrected chi connectivity index (χ2v) is 5.69. The molecule has 0 radical (unpaired) electrons. The molecule has 3 rings (SSSR count). The van der Waals surface area contributed by atoms with Crippen LogP contribution < -0.4 is 5.43 Å². The Morgan fingerprint density at radius 1 is 1.28 bits per heavy atom. The summed E-state index contributed by atoms with van der Waals surface area (Å²) in [5.74, 6) is -0.814. The van der Waals surface area contributed by atoms with E-state index in [-0.39, 0.29) is 12.3 Å². The van der Waals surface area contributed by atoms with E-state index < -0.39 is 5.97 Å². The number of nitrogens with one attached hydrogen (secondary N) is 2. The molecular weight excluding hydrogens is 322 g/mol. The number of aromatic nitrogens is 3. The molecule has 0 aliphatic carbocycles. The summed E-state index contributed by atoms with van der Waals surface area (Å²) in [5.41, 5.74) is 6.66. The van der Waals surface area contributed by atoms with Crippen molar-refractivity contribution >= 4 is 23.7 Å². The van der Waals surface area contributed by atoms with Crippen molar-refractivity contribution < 1.29 is 14.7 Å². The van der Waals surface area contributed by atoms with Crippen LogP contribution in [0.15, 0.2) is 29.1 Å². The fourth-order valence-corrected chi connectivity index (χ4v) is 2.77. The Kier molecular flexibility index (Phi) is 4.42. The summed E-state index contributed by atoms with van der Waals surface area (Å²) in [6, 6.07) is 1.69. The van der Waals surface area contributed by atoms with Gasteiger partial charge >= 0.3 is 5.97 Å². The average Bonchev–Trinajstić information content (AvgIpc) is 3.07. The van der Waals surface area contributed by atoms with Crippen LogP contribution in [-0.2, 0) is 16.0 Å². The van der Waals surface area contributed by atoms with Gasteiger partial charge in [-0.05, 0) is 43.5 Å². The summed E-state index contributed by atoms with van der Waals surface area (Å²) in [7, 11) is 0. The lowest BCUT2D eigenvalue weighted by atomic mass is 10.0. The first kappa shape index (κ1) is 16.6. The Bertz CT molecular complexity index is 897. The van der Waals surface area contributed by atoms with Crippen LogP contribution >= 0.6 is 0 Å². The number of nitrogens with zero attached hydrogens (tertiary/aromatic N) is 3. The molecular formula is C17H17N5O3. The number of rotatable bonds is 5. The second-order valence-electron chi connectivity index (χ2n) is 5.69. The van der Waals surface area contributed by atoms with Crippen molar-refractivity contribution in [3.05, 3.63) is 52.4 Å². The highest BCUT2D eigenvalue weighted by Gasteiger charge is 2.26. The maximum absolute atomic E-state index is 12.1. The number of carbonyl (C=O) groups excluding carboxylic acids is 1. The van der Waals surface area contributed by atoms with Gasteiger partial charge in [0.15, 0.2) is 5.82 Å². The molecule has 0 atom stereocenters. The average molecular weight is 339 g/mol. The number of amides is 1. The topological polar surface area (TPSA) is 120 Å². The van der Waals surface area contributed by atoms with E-state index >= 15 is 0 Å². The first-order valence-electron chi connectivity index (χ1n) is 7.74. The zero-order valence-electron chi connectivity index (χ0n) is 13.8. The molecule has 8 nitrogen and oxygen atoms in total. The van der Waals surface area contributed by atoms with E-state index in [9.17, 15) is 9.59 Å². The molecule has 0 fully saturated rings. The molecule has 0 bridgehead atoms. The van der Waals surface area contributed by atoms with Gasteiger partial charge in [0.1, 0.15) is 5.71 Å². The number of aliphatic carboxylic acids is 1. The summed E-state index contributed by atoms with van der Waals surface area (Å²) in [4.78, 5) is 34.4. The molecule has 25 heavy (non-hydrogen) atoms. The van der Waals surface area contributed by atoms with Crippen molar-refractivity contribution in [3.63, 3.8) is 0 Å². The quantitative estimate of drug-likeness (QED) is 0.710. The number of hydrazone groups is 1. The zero-order valence-corrected chi connectivity index (χ0v) is 13.8. The second kappa shape index (κ2) is 6.68. The Hall–Kier alpha value is -3.29. The van der Waals surface area contributed by atoms with E-state index in [0.717, 1.165) is 22.5 Å². The number of H-pyrrole nitrogens is 1. The van der Waals surface area contributed by atoms with Crippen LogP contribution in [0.25, 0.3) is 6.08 Å². The van der Waals surface area contributed by atoms with Crippen LogP contribution in [0.4, 0.5) is 0 Å². The lowest BCUT2D eigenvalue weighted by molar-refractivity contribution is -0.137. The monoisotopic (exact) mass is 339 g/mol. The van der Waals surface area contributed by atoms with Crippen molar-refractivity contribution in [1.82, 2.24) is 20.4 Å². The number of carboxylic acid groups (broad SMARTS) is 1. The molecule has 0 unspecified atom stereocenters. The molecule has 0 saturated heterocycles. The summed E-state index contributed by atoms with van der Waals surface area (Å²) < 4.78 is 0. The fraction of sp³-hybridized carbons (Fsp3) is 0.235.